The Balaban J connectivity index is 0.00000253. The summed E-state index contributed by atoms with van der Waals surface area (Å²) in [7, 11) is -8.40. The van der Waals surface area contributed by atoms with Gasteiger partial charge in [-0.25, -0.2) is 16.8 Å². The van der Waals surface area contributed by atoms with E-state index in [1.165, 1.54) is 18.2 Å². The molecule has 0 radical (unpaired) electrons. The van der Waals surface area contributed by atoms with Crippen LogP contribution in [0.5, 0.6) is 5.75 Å². The summed E-state index contributed by atoms with van der Waals surface area (Å²) in [5, 5.41) is 15.7. The second kappa shape index (κ2) is 13.3. The predicted octanol–water partition coefficient (Wildman–Crippen LogP) is -0.505. The van der Waals surface area contributed by atoms with Crippen molar-refractivity contribution in [2.24, 2.45) is 20.5 Å². The van der Waals surface area contributed by atoms with Crippen LogP contribution in [0.25, 0.3) is 10.8 Å². The van der Waals surface area contributed by atoms with Crippen molar-refractivity contribution in [1.82, 2.24) is 0 Å². The first-order valence-electron chi connectivity index (χ1n) is 10.1. The van der Waals surface area contributed by atoms with E-state index in [1.54, 1.807) is 55.6 Å². The molecule has 15 heteroatoms. The van der Waals surface area contributed by atoms with E-state index in [4.69, 9.17) is 4.74 Å². The number of fused-ring (bicyclic) bond motifs is 1. The zero-order chi connectivity index (χ0) is 25.9. The molecule has 0 fully saturated rings. The second-order valence-electron chi connectivity index (χ2n) is 7.32. The van der Waals surface area contributed by atoms with Crippen LogP contribution >= 0.6 is 0 Å². The van der Waals surface area contributed by atoms with Gasteiger partial charge >= 0.3 is 59.1 Å². The van der Waals surface area contributed by atoms with E-state index in [-0.39, 0.29) is 75.6 Å². The first-order valence-corrected chi connectivity index (χ1v) is 12.9. The maximum atomic E-state index is 11.8. The molecular formula is C23H16N4Na2O7S2. The second-order valence-corrected chi connectivity index (χ2v) is 10.0. The molecule has 0 saturated heterocycles. The zero-order valence-electron chi connectivity index (χ0n) is 20.5. The van der Waals surface area contributed by atoms with Gasteiger partial charge in [-0.1, -0.05) is 12.1 Å². The van der Waals surface area contributed by atoms with Gasteiger partial charge < -0.3 is 13.8 Å². The van der Waals surface area contributed by atoms with Crippen LogP contribution in [0.4, 0.5) is 22.7 Å². The summed E-state index contributed by atoms with van der Waals surface area (Å²) in [4.78, 5) is -1.39. The normalized spacial score (nSPS) is 11.9. The van der Waals surface area contributed by atoms with Gasteiger partial charge in [-0.3, -0.25) is 0 Å². The molecule has 4 aromatic rings. The number of benzene rings is 4. The van der Waals surface area contributed by atoms with Gasteiger partial charge in [0.15, 0.2) is 0 Å². The van der Waals surface area contributed by atoms with Gasteiger partial charge in [-0.05, 0) is 66.7 Å². The van der Waals surface area contributed by atoms with Crippen LogP contribution in [-0.4, -0.2) is 33.1 Å². The topological polar surface area (TPSA) is 173 Å². The number of rotatable bonds is 7. The van der Waals surface area contributed by atoms with E-state index in [1.807, 2.05) is 0 Å². The molecule has 4 aromatic carbocycles. The average molecular weight is 571 g/mol. The van der Waals surface area contributed by atoms with Gasteiger partial charge in [0, 0.05) is 10.8 Å². The minimum atomic E-state index is -5.01. The molecule has 4 rings (SSSR count). The van der Waals surface area contributed by atoms with E-state index >= 15 is 0 Å². The molecule has 0 bridgehead atoms. The Hall–Kier alpha value is -2.04. The third kappa shape index (κ3) is 7.99. The molecule has 0 saturated carbocycles. The molecule has 0 N–H and O–H groups in total. The van der Waals surface area contributed by atoms with E-state index < -0.39 is 30.0 Å². The quantitative estimate of drug-likeness (QED) is 0.164. The maximum absolute atomic E-state index is 11.8. The number of azo groups is 2. The average Bonchev–Trinajstić information content (AvgIpc) is 2.85. The molecule has 0 aliphatic carbocycles. The van der Waals surface area contributed by atoms with Crippen LogP contribution in [0.15, 0.2) is 109 Å². The summed E-state index contributed by atoms with van der Waals surface area (Å²) in [6, 6.07) is 19.0. The van der Waals surface area contributed by atoms with E-state index in [2.05, 4.69) is 20.5 Å². The number of hydrogen-bond acceptors (Lipinski definition) is 11. The summed E-state index contributed by atoms with van der Waals surface area (Å²) in [6.45, 7) is 0. The van der Waals surface area contributed by atoms with Gasteiger partial charge in [-0.15, -0.1) is 0 Å². The molecule has 0 aliphatic rings. The summed E-state index contributed by atoms with van der Waals surface area (Å²) in [5.41, 5.74) is 1.38. The molecule has 184 valence electrons. The minimum Gasteiger partial charge on any atom is -0.744 e. The minimum absolute atomic E-state index is 0. The fraction of sp³-hybridized carbons (Fsp3) is 0.0435. The Bertz CT molecular complexity index is 1710. The molecule has 38 heavy (non-hydrogen) atoms. The van der Waals surface area contributed by atoms with Crippen molar-refractivity contribution in [1.29, 1.82) is 0 Å². The van der Waals surface area contributed by atoms with Crippen LogP contribution in [0, 0.1) is 0 Å². The number of ether oxygens (including phenoxy) is 1. The first kappa shape index (κ1) is 32.2. The van der Waals surface area contributed by atoms with Crippen LogP contribution in [0.1, 0.15) is 0 Å². The van der Waals surface area contributed by atoms with Gasteiger partial charge in [-0.2, -0.15) is 20.5 Å². The Morgan fingerprint density at radius 3 is 1.47 bits per heavy atom. The Morgan fingerprint density at radius 1 is 0.579 bits per heavy atom. The van der Waals surface area contributed by atoms with Gasteiger partial charge in [0.1, 0.15) is 26.0 Å². The van der Waals surface area contributed by atoms with Gasteiger partial charge in [0.05, 0.1) is 39.7 Å². The Kier molecular flexibility index (Phi) is 11.3. The van der Waals surface area contributed by atoms with Crippen LogP contribution < -0.4 is 63.9 Å². The van der Waals surface area contributed by atoms with Crippen LogP contribution in [0.2, 0.25) is 0 Å². The molecule has 0 atom stereocenters. The van der Waals surface area contributed by atoms with Crippen molar-refractivity contribution in [3.05, 3.63) is 78.9 Å². The molecule has 0 heterocycles. The van der Waals surface area contributed by atoms with Gasteiger partial charge in [0.25, 0.3) is 0 Å². The fourth-order valence-electron chi connectivity index (χ4n) is 3.26. The summed E-state index contributed by atoms with van der Waals surface area (Å²) >= 11 is 0. The first-order chi connectivity index (χ1) is 17.0. The molecule has 11 nitrogen and oxygen atoms in total. The zero-order valence-corrected chi connectivity index (χ0v) is 26.1. The number of hydrogen-bond donors (Lipinski definition) is 0. The molecule has 0 aromatic heterocycles. The molecular weight excluding hydrogens is 554 g/mol. The van der Waals surface area contributed by atoms with Crippen molar-refractivity contribution >= 4 is 53.8 Å². The maximum Gasteiger partial charge on any atom is 1.00 e. The summed E-state index contributed by atoms with van der Waals surface area (Å²) in [6.07, 6.45) is 0. The largest absolute Gasteiger partial charge is 1.00 e. The van der Waals surface area contributed by atoms with E-state index in [9.17, 15) is 25.9 Å². The smallest absolute Gasteiger partial charge is 0.744 e. The van der Waals surface area contributed by atoms with Crippen molar-refractivity contribution in [3.63, 3.8) is 0 Å². The fourth-order valence-corrected chi connectivity index (χ4v) is 4.65. The van der Waals surface area contributed by atoms with Crippen molar-refractivity contribution in [3.8, 4) is 5.75 Å². The monoisotopic (exact) mass is 570 g/mol. The standard InChI is InChI=1S/C23H18N4O7S2.2Na/c1-34-19-11-9-17(10-12-19)25-24-15-5-7-16(8-6-15)26-27-18-13-21-20(23(14-18)36(31,32)33)3-2-4-22(21)35(28,29)30;;/h2-14H,1H3,(H,28,29,30)(H,31,32,33);;/q;2*+1/p-2. The Morgan fingerprint density at radius 2 is 1.03 bits per heavy atom. The summed E-state index contributed by atoms with van der Waals surface area (Å²) in [5.74, 6) is 0.695. The molecule has 0 spiro atoms. The number of methoxy groups -OCH3 is 1. The SMILES string of the molecule is COc1ccc(N=Nc2ccc(N=Nc3cc(S(=O)(=O)[O-])c4cccc(S(=O)(=O)[O-])c4c3)cc2)cc1.[Na+].[Na+]. The molecule has 0 unspecified atom stereocenters. The van der Waals surface area contributed by atoms with E-state index in [0.29, 0.717) is 22.8 Å². The Labute approximate surface area is 263 Å². The van der Waals surface area contributed by atoms with Crippen molar-refractivity contribution < 1.29 is 89.8 Å². The predicted molar refractivity (Wildman–Crippen MR) is 128 cm³/mol. The third-order valence-corrected chi connectivity index (χ3v) is 6.70. The summed E-state index contributed by atoms with van der Waals surface area (Å²) < 4.78 is 75.4. The van der Waals surface area contributed by atoms with E-state index in [0.717, 1.165) is 12.1 Å². The third-order valence-electron chi connectivity index (χ3n) is 4.93. The molecule has 0 aliphatic heterocycles. The number of nitrogens with zero attached hydrogens (tertiary/aromatic N) is 4. The van der Waals surface area contributed by atoms with Crippen molar-refractivity contribution in [2.45, 2.75) is 9.79 Å². The van der Waals surface area contributed by atoms with Crippen molar-refractivity contribution in [2.75, 3.05) is 7.11 Å². The molecule has 0 amide bonds. The van der Waals surface area contributed by atoms with Gasteiger partial charge in [0.2, 0.25) is 0 Å². The van der Waals surface area contributed by atoms with Crippen LogP contribution in [-0.2, 0) is 20.2 Å². The van der Waals surface area contributed by atoms with Crippen LogP contribution in [0.3, 0.4) is 0 Å².